The van der Waals surface area contributed by atoms with Gasteiger partial charge in [0.2, 0.25) is 0 Å². The predicted octanol–water partition coefficient (Wildman–Crippen LogP) is 0.925. The Morgan fingerprint density at radius 1 is 1.22 bits per heavy atom. The van der Waals surface area contributed by atoms with Crippen LogP contribution in [-0.2, 0) is 6.54 Å². The zero-order valence-corrected chi connectivity index (χ0v) is 12.6. The van der Waals surface area contributed by atoms with Gasteiger partial charge in [0.15, 0.2) is 0 Å². The van der Waals surface area contributed by atoms with Crippen molar-refractivity contribution in [2.75, 3.05) is 6.54 Å². The van der Waals surface area contributed by atoms with Crippen LogP contribution in [0.5, 0.6) is 0 Å². The number of carbonyl (C=O) groups is 1. The van der Waals surface area contributed by atoms with Crippen molar-refractivity contribution in [3.63, 3.8) is 0 Å². The van der Waals surface area contributed by atoms with Crippen molar-refractivity contribution in [1.82, 2.24) is 24.8 Å². The van der Waals surface area contributed by atoms with Crippen molar-refractivity contribution in [2.45, 2.75) is 13.5 Å². The minimum atomic E-state index is -0.322. The average Bonchev–Trinajstić information content (AvgIpc) is 2.58. The Morgan fingerprint density at radius 3 is 2.83 bits per heavy atom. The van der Waals surface area contributed by atoms with Gasteiger partial charge < -0.3 is 5.32 Å². The molecule has 1 aromatic carbocycles. The average molecular weight is 309 g/mol. The van der Waals surface area contributed by atoms with Gasteiger partial charge in [0, 0.05) is 24.8 Å². The van der Waals surface area contributed by atoms with E-state index >= 15 is 0 Å². The summed E-state index contributed by atoms with van der Waals surface area (Å²) in [7, 11) is 0. The molecule has 3 aromatic rings. The Balaban J connectivity index is 1.66. The first-order valence-corrected chi connectivity index (χ1v) is 7.16. The Hall–Kier alpha value is -3.09. The number of nitrogens with one attached hydrogen (secondary N) is 1. The Morgan fingerprint density at radius 2 is 2.00 bits per heavy atom. The first kappa shape index (κ1) is 14.8. The van der Waals surface area contributed by atoms with Crippen LogP contribution in [0.2, 0.25) is 0 Å². The number of benzene rings is 1. The molecule has 0 aliphatic heterocycles. The van der Waals surface area contributed by atoms with Gasteiger partial charge in [-0.3, -0.25) is 19.1 Å². The molecule has 0 saturated carbocycles. The molecule has 0 aliphatic rings. The molecule has 0 unspecified atom stereocenters. The second-order valence-corrected chi connectivity index (χ2v) is 5.08. The van der Waals surface area contributed by atoms with Crippen molar-refractivity contribution >= 4 is 16.9 Å². The lowest BCUT2D eigenvalue weighted by molar-refractivity contribution is 0.0947. The van der Waals surface area contributed by atoms with Crippen molar-refractivity contribution in [1.29, 1.82) is 0 Å². The molecular weight excluding hydrogens is 294 g/mol. The lowest BCUT2D eigenvalue weighted by Gasteiger charge is -2.07. The van der Waals surface area contributed by atoms with E-state index in [1.807, 2.05) is 18.2 Å². The maximum Gasteiger partial charge on any atom is 0.271 e. The van der Waals surface area contributed by atoms with Crippen LogP contribution in [0.3, 0.4) is 0 Å². The Bertz CT molecular complexity index is 919. The summed E-state index contributed by atoms with van der Waals surface area (Å²) in [6.07, 6.45) is 4.41. The summed E-state index contributed by atoms with van der Waals surface area (Å²) in [5, 5.41) is 2.73. The van der Waals surface area contributed by atoms with Crippen molar-refractivity contribution in [3.05, 3.63) is 64.6 Å². The van der Waals surface area contributed by atoms with Crippen molar-refractivity contribution < 1.29 is 4.79 Å². The minimum absolute atomic E-state index is 0.111. The molecule has 23 heavy (non-hydrogen) atoms. The summed E-state index contributed by atoms with van der Waals surface area (Å²) in [5.74, 6) is -0.322. The van der Waals surface area contributed by atoms with E-state index in [4.69, 9.17) is 0 Å². The number of aromatic nitrogens is 4. The molecule has 0 aliphatic carbocycles. The minimum Gasteiger partial charge on any atom is -0.349 e. The lowest BCUT2D eigenvalue weighted by Crippen LogP contribution is -2.32. The highest BCUT2D eigenvalue weighted by Gasteiger charge is 2.08. The second-order valence-electron chi connectivity index (χ2n) is 5.08. The molecule has 0 spiro atoms. The van der Waals surface area contributed by atoms with E-state index in [9.17, 15) is 9.59 Å². The highest BCUT2D eigenvalue weighted by molar-refractivity contribution is 5.93. The van der Waals surface area contributed by atoms with Gasteiger partial charge in [-0.25, -0.2) is 9.97 Å². The van der Waals surface area contributed by atoms with Gasteiger partial charge in [-0.15, -0.1) is 0 Å². The molecule has 0 atom stereocenters. The molecule has 2 heterocycles. The summed E-state index contributed by atoms with van der Waals surface area (Å²) in [4.78, 5) is 36.4. The van der Waals surface area contributed by atoms with Crippen LogP contribution in [-0.4, -0.2) is 32.0 Å². The molecule has 116 valence electrons. The number of carbonyl (C=O) groups excluding carboxylic acids is 1. The molecule has 2 aromatic heterocycles. The zero-order chi connectivity index (χ0) is 16.2. The van der Waals surface area contributed by atoms with E-state index in [1.165, 1.54) is 23.3 Å². The summed E-state index contributed by atoms with van der Waals surface area (Å²) in [6, 6.07) is 7.35. The molecule has 1 amide bonds. The maximum atomic E-state index is 12.1. The fraction of sp³-hybridized carbons (Fsp3) is 0.188. The number of hydrogen-bond donors (Lipinski definition) is 1. The summed E-state index contributed by atoms with van der Waals surface area (Å²) < 4.78 is 1.46. The van der Waals surface area contributed by atoms with Gasteiger partial charge in [0.25, 0.3) is 11.5 Å². The van der Waals surface area contributed by atoms with Crippen LogP contribution >= 0.6 is 0 Å². The molecule has 3 rings (SSSR count). The molecule has 0 fully saturated rings. The fourth-order valence-electron chi connectivity index (χ4n) is 2.17. The summed E-state index contributed by atoms with van der Waals surface area (Å²) in [6.45, 7) is 2.35. The van der Waals surface area contributed by atoms with Gasteiger partial charge in [0.05, 0.1) is 23.6 Å². The molecule has 0 bridgehead atoms. The van der Waals surface area contributed by atoms with Gasteiger partial charge in [-0.05, 0) is 19.1 Å². The van der Waals surface area contributed by atoms with E-state index in [0.717, 1.165) is 5.52 Å². The van der Waals surface area contributed by atoms with Gasteiger partial charge in [0.1, 0.15) is 5.69 Å². The third-order valence-corrected chi connectivity index (χ3v) is 3.39. The van der Waals surface area contributed by atoms with Crippen molar-refractivity contribution in [2.24, 2.45) is 0 Å². The third-order valence-electron chi connectivity index (χ3n) is 3.39. The number of nitrogens with zero attached hydrogens (tertiary/aromatic N) is 4. The number of amides is 1. The van der Waals surface area contributed by atoms with E-state index in [1.54, 1.807) is 13.0 Å². The maximum absolute atomic E-state index is 12.1. The van der Waals surface area contributed by atoms with E-state index in [-0.39, 0.29) is 17.2 Å². The quantitative estimate of drug-likeness (QED) is 0.774. The van der Waals surface area contributed by atoms with Crippen LogP contribution < -0.4 is 10.9 Å². The number of rotatable bonds is 4. The molecule has 1 N–H and O–H groups in total. The topological polar surface area (TPSA) is 89.8 Å². The van der Waals surface area contributed by atoms with Crippen LogP contribution in [0.1, 0.15) is 16.1 Å². The molecule has 0 radical (unpaired) electrons. The molecule has 7 nitrogen and oxygen atoms in total. The van der Waals surface area contributed by atoms with Crippen LogP contribution in [0, 0.1) is 6.92 Å². The van der Waals surface area contributed by atoms with E-state index < -0.39 is 0 Å². The third kappa shape index (κ3) is 3.23. The van der Waals surface area contributed by atoms with Crippen molar-refractivity contribution in [3.8, 4) is 0 Å². The fourth-order valence-corrected chi connectivity index (χ4v) is 2.17. The second kappa shape index (κ2) is 6.35. The smallest absolute Gasteiger partial charge is 0.271 e. The zero-order valence-electron chi connectivity index (χ0n) is 12.6. The number of aryl methyl sites for hydroxylation is 1. The SMILES string of the molecule is Cc1cncn(CCNC(=O)c2cnc3ccccc3n2)c1=O. The lowest BCUT2D eigenvalue weighted by atomic mass is 10.3. The Labute approximate surface area is 132 Å². The summed E-state index contributed by atoms with van der Waals surface area (Å²) in [5.41, 5.74) is 2.11. The molecule has 0 saturated heterocycles. The first-order chi connectivity index (χ1) is 11.1. The highest BCUT2D eigenvalue weighted by Crippen LogP contribution is 2.08. The van der Waals surface area contributed by atoms with Crippen LogP contribution in [0.15, 0.2) is 47.8 Å². The monoisotopic (exact) mass is 309 g/mol. The molecular formula is C16H15N5O2. The van der Waals surface area contributed by atoms with Gasteiger partial charge in [-0.1, -0.05) is 12.1 Å². The van der Waals surface area contributed by atoms with Gasteiger partial charge >= 0.3 is 0 Å². The van der Waals surface area contributed by atoms with E-state index in [0.29, 0.717) is 24.2 Å². The Kier molecular flexibility index (Phi) is 4.09. The standard InChI is InChI=1S/C16H15N5O2/c1-11-8-17-10-21(16(11)23)7-6-18-15(22)14-9-19-12-4-2-3-5-13(12)20-14/h2-5,8-10H,6-7H2,1H3,(H,18,22). The number of hydrogen-bond acceptors (Lipinski definition) is 5. The number of para-hydroxylation sites is 2. The first-order valence-electron chi connectivity index (χ1n) is 7.16. The number of fused-ring (bicyclic) bond motifs is 1. The molecule has 7 heteroatoms. The van der Waals surface area contributed by atoms with Crippen LogP contribution in [0.25, 0.3) is 11.0 Å². The summed E-state index contributed by atoms with van der Waals surface area (Å²) >= 11 is 0. The highest BCUT2D eigenvalue weighted by atomic mass is 16.2. The normalized spacial score (nSPS) is 10.7. The van der Waals surface area contributed by atoms with Gasteiger partial charge in [-0.2, -0.15) is 0 Å². The van der Waals surface area contributed by atoms with E-state index in [2.05, 4.69) is 20.3 Å². The largest absolute Gasteiger partial charge is 0.349 e. The van der Waals surface area contributed by atoms with Crippen LogP contribution in [0.4, 0.5) is 0 Å². The predicted molar refractivity (Wildman–Crippen MR) is 85.1 cm³/mol.